The van der Waals surface area contributed by atoms with Gasteiger partial charge in [0.15, 0.2) is 0 Å². The second kappa shape index (κ2) is 9.69. The fourth-order valence-electron chi connectivity index (χ4n) is 6.54. The summed E-state index contributed by atoms with van der Waals surface area (Å²) < 4.78 is 13.2. The molecule has 0 spiro atoms. The van der Waals surface area contributed by atoms with Crippen molar-refractivity contribution in [3.05, 3.63) is 35.5 Å². The van der Waals surface area contributed by atoms with Crippen LogP contribution in [-0.2, 0) is 0 Å². The quantitative estimate of drug-likeness (QED) is 0.445. The summed E-state index contributed by atoms with van der Waals surface area (Å²) in [4.78, 5) is 0. The maximum absolute atomic E-state index is 13.2. The number of allylic oxidation sites excluding steroid dienone is 4. The molecule has 3 rings (SSSR count). The van der Waals surface area contributed by atoms with Gasteiger partial charge in [0.1, 0.15) is 12.3 Å². The fraction of sp³-hybridized carbons (Fsp3) is 0.778. The van der Waals surface area contributed by atoms with Crippen molar-refractivity contribution in [3.8, 4) is 0 Å². The molecule has 0 heterocycles. The molecule has 3 aliphatic rings. The zero-order valence-corrected chi connectivity index (χ0v) is 20.2. The Kier molecular flexibility index (Phi) is 7.76. The summed E-state index contributed by atoms with van der Waals surface area (Å²) in [6.45, 7) is 7.27. The molecule has 4 N–H and O–H groups in total. The standard InChI is InChI=1S/C27H43FO4/c1-18(7-5-13-25(2,3)31)21-11-12-22-20(8-6-14-26(21,22)4)10-9-19-15-23(29)27(32,17-28)24(30)16-19/h5,7,9-10,18,21-24,29-32H,6,8,11-17H2,1-4H3/t18-,21?,22?,23-,24-,26?,27?/m1/s1. The van der Waals surface area contributed by atoms with Crippen LogP contribution in [0.2, 0.25) is 0 Å². The summed E-state index contributed by atoms with van der Waals surface area (Å²) in [5.74, 6) is 1.61. The molecule has 5 heteroatoms. The predicted octanol–water partition coefficient (Wildman–Crippen LogP) is 4.63. The first-order valence-corrected chi connectivity index (χ1v) is 12.3. The van der Waals surface area contributed by atoms with E-state index in [0.717, 1.165) is 18.4 Å². The second-order valence-corrected chi connectivity index (χ2v) is 11.5. The third-order valence-electron chi connectivity index (χ3n) is 8.54. The third-order valence-corrected chi connectivity index (χ3v) is 8.54. The maximum Gasteiger partial charge on any atom is 0.145 e. The molecule has 4 nitrogen and oxygen atoms in total. The molecule has 0 aromatic heterocycles. The highest BCUT2D eigenvalue weighted by molar-refractivity contribution is 5.27. The smallest absolute Gasteiger partial charge is 0.145 e. The van der Waals surface area contributed by atoms with Crippen molar-refractivity contribution in [2.45, 2.75) is 102 Å². The topological polar surface area (TPSA) is 80.9 Å². The van der Waals surface area contributed by atoms with Crippen LogP contribution < -0.4 is 0 Å². The number of rotatable bonds is 6. The number of hydrogen-bond acceptors (Lipinski definition) is 4. The van der Waals surface area contributed by atoms with Gasteiger partial charge in [0.2, 0.25) is 0 Å². The van der Waals surface area contributed by atoms with E-state index < -0.39 is 30.1 Å². The van der Waals surface area contributed by atoms with Crippen molar-refractivity contribution < 1.29 is 24.8 Å². The molecule has 0 amide bonds. The van der Waals surface area contributed by atoms with Crippen LogP contribution in [0.3, 0.4) is 0 Å². The van der Waals surface area contributed by atoms with E-state index in [2.05, 4.69) is 32.1 Å². The minimum Gasteiger partial charge on any atom is -0.390 e. The van der Waals surface area contributed by atoms with Crippen LogP contribution in [0.1, 0.15) is 79.1 Å². The summed E-state index contributed by atoms with van der Waals surface area (Å²) in [5.41, 5.74) is -0.174. The van der Waals surface area contributed by atoms with E-state index in [1.54, 1.807) is 0 Å². The molecule has 0 aliphatic heterocycles. The van der Waals surface area contributed by atoms with Crippen molar-refractivity contribution in [3.63, 3.8) is 0 Å². The highest BCUT2D eigenvalue weighted by atomic mass is 19.1. The molecule has 0 radical (unpaired) electrons. The van der Waals surface area contributed by atoms with Crippen LogP contribution in [-0.4, -0.2) is 50.5 Å². The van der Waals surface area contributed by atoms with Gasteiger partial charge in [-0.3, -0.25) is 0 Å². The zero-order valence-electron chi connectivity index (χ0n) is 20.2. The fourth-order valence-corrected chi connectivity index (χ4v) is 6.54. The van der Waals surface area contributed by atoms with Gasteiger partial charge in [0.05, 0.1) is 17.8 Å². The Bertz CT molecular complexity index is 735. The normalized spacial score (nSPS) is 40.7. The Balaban J connectivity index is 1.72. The third kappa shape index (κ3) is 5.22. The van der Waals surface area contributed by atoms with E-state index in [4.69, 9.17) is 0 Å². The first kappa shape index (κ1) is 25.6. The van der Waals surface area contributed by atoms with Crippen LogP contribution in [0.25, 0.3) is 0 Å². The van der Waals surface area contributed by atoms with Crippen LogP contribution in [0.5, 0.6) is 0 Å². The van der Waals surface area contributed by atoms with E-state index in [0.29, 0.717) is 24.2 Å². The molecular formula is C27H43FO4. The SMILES string of the molecule is C[C@H](C=CCC(C)(C)O)C1CCC2C(=CC=C3C[C@@H](O)C(O)(CF)[C@H](O)C3)CCCC21C. The average molecular weight is 451 g/mol. The van der Waals surface area contributed by atoms with E-state index in [1.807, 2.05) is 19.9 Å². The number of aliphatic hydroxyl groups is 4. The summed E-state index contributed by atoms with van der Waals surface area (Å²) in [5, 5.41) is 40.5. The first-order chi connectivity index (χ1) is 14.9. The van der Waals surface area contributed by atoms with Crippen LogP contribution >= 0.6 is 0 Å². The lowest BCUT2D eigenvalue weighted by Gasteiger charge is -2.44. The monoisotopic (exact) mass is 450 g/mol. The lowest BCUT2D eigenvalue weighted by Crippen LogP contribution is -2.57. The molecule has 0 aromatic rings. The Labute approximate surface area is 192 Å². The zero-order chi connectivity index (χ0) is 23.7. The molecule has 3 unspecified atom stereocenters. The first-order valence-electron chi connectivity index (χ1n) is 12.3. The van der Waals surface area contributed by atoms with Gasteiger partial charge in [0, 0.05) is 0 Å². The molecule has 3 saturated carbocycles. The lowest BCUT2D eigenvalue weighted by atomic mass is 9.61. The molecule has 3 fully saturated rings. The Morgan fingerprint density at radius 2 is 1.81 bits per heavy atom. The van der Waals surface area contributed by atoms with Gasteiger partial charge in [-0.15, -0.1) is 0 Å². The molecule has 182 valence electrons. The van der Waals surface area contributed by atoms with E-state index in [9.17, 15) is 24.8 Å². The van der Waals surface area contributed by atoms with Crippen molar-refractivity contribution >= 4 is 0 Å². The predicted molar refractivity (Wildman–Crippen MR) is 126 cm³/mol. The largest absolute Gasteiger partial charge is 0.390 e. The summed E-state index contributed by atoms with van der Waals surface area (Å²) in [7, 11) is 0. The summed E-state index contributed by atoms with van der Waals surface area (Å²) in [6, 6.07) is 0. The molecule has 0 aromatic carbocycles. The van der Waals surface area contributed by atoms with Crippen LogP contribution in [0.15, 0.2) is 35.5 Å². The molecule has 0 saturated heterocycles. The summed E-state index contributed by atoms with van der Waals surface area (Å²) in [6.07, 6.45) is 12.9. The van der Waals surface area contributed by atoms with Gasteiger partial charge >= 0.3 is 0 Å². The Morgan fingerprint density at radius 3 is 2.41 bits per heavy atom. The van der Waals surface area contributed by atoms with E-state index >= 15 is 0 Å². The van der Waals surface area contributed by atoms with E-state index in [1.165, 1.54) is 24.8 Å². The number of halogens is 1. The van der Waals surface area contributed by atoms with Gasteiger partial charge in [-0.2, -0.15) is 0 Å². The van der Waals surface area contributed by atoms with Crippen molar-refractivity contribution in [2.75, 3.05) is 6.67 Å². The van der Waals surface area contributed by atoms with Crippen molar-refractivity contribution in [2.24, 2.45) is 23.2 Å². The Morgan fingerprint density at radius 1 is 1.16 bits per heavy atom. The molecule has 3 aliphatic carbocycles. The molecule has 0 bridgehead atoms. The second-order valence-electron chi connectivity index (χ2n) is 11.5. The number of aliphatic hydroxyl groups excluding tert-OH is 2. The molecule has 6 atom stereocenters. The summed E-state index contributed by atoms with van der Waals surface area (Å²) >= 11 is 0. The number of alkyl halides is 1. The van der Waals surface area contributed by atoms with Crippen LogP contribution in [0.4, 0.5) is 4.39 Å². The van der Waals surface area contributed by atoms with Crippen molar-refractivity contribution in [1.29, 1.82) is 0 Å². The lowest BCUT2D eigenvalue weighted by molar-refractivity contribution is -0.165. The highest BCUT2D eigenvalue weighted by Crippen LogP contribution is 2.59. The van der Waals surface area contributed by atoms with E-state index in [-0.39, 0.29) is 18.3 Å². The van der Waals surface area contributed by atoms with Gasteiger partial charge in [0.25, 0.3) is 0 Å². The Hall–Kier alpha value is -1.01. The minimum atomic E-state index is -2.05. The number of fused-ring (bicyclic) bond motifs is 1. The molecule has 32 heavy (non-hydrogen) atoms. The minimum absolute atomic E-state index is 0.189. The van der Waals surface area contributed by atoms with Gasteiger partial charge in [-0.25, -0.2) is 4.39 Å². The van der Waals surface area contributed by atoms with Crippen molar-refractivity contribution in [1.82, 2.24) is 0 Å². The maximum atomic E-state index is 13.2. The average Bonchev–Trinajstić information content (AvgIpc) is 3.06. The molecular weight excluding hydrogens is 407 g/mol. The van der Waals surface area contributed by atoms with Gasteiger partial charge in [-0.05, 0) is 88.4 Å². The van der Waals surface area contributed by atoms with Gasteiger partial charge < -0.3 is 20.4 Å². The van der Waals surface area contributed by atoms with Gasteiger partial charge in [-0.1, -0.05) is 49.3 Å². The van der Waals surface area contributed by atoms with Crippen LogP contribution in [0, 0.1) is 23.2 Å². The highest BCUT2D eigenvalue weighted by Gasteiger charge is 2.50. The number of hydrogen-bond donors (Lipinski definition) is 4.